The zero-order valence-corrected chi connectivity index (χ0v) is 15.9. The van der Waals surface area contributed by atoms with Gasteiger partial charge in [-0.25, -0.2) is 13.1 Å². The van der Waals surface area contributed by atoms with E-state index in [-0.39, 0.29) is 10.3 Å². The van der Waals surface area contributed by atoms with Crippen molar-refractivity contribution in [2.75, 3.05) is 11.9 Å². The standard InChI is InChI=1S/C12H14Br3NO2S/c1-8-4-10(15)11(5-9(8)14)19(17,18)16-7-12(6-13)2-3-12/h4-5,16H,2-3,6-7H2,1H3. The van der Waals surface area contributed by atoms with Gasteiger partial charge >= 0.3 is 0 Å². The SMILES string of the molecule is Cc1cc(Br)c(S(=O)(=O)NCC2(CBr)CC2)cc1Br. The number of aryl methyl sites for hydroxylation is 1. The lowest BCUT2D eigenvalue weighted by Gasteiger charge is -2.14. The molecule has 0 unspecified atom stereocenters. The number of nitrogens with one attached hydrogen (secondary N) is 1. The van der Waals surface area contributed by atoms with Crippen LogP contribution in [0.15, 0.2) is 26.0 Å². The molecule has 1 aromatic rings. The van der Waals surface area contributed by atoms with Crippen molar-refractivity contribution in [3.05, 3.63) is 26.6 Å². The molecule has 0 bridgehead atoms. The Kier molecular flexibility index (Phi) is 4.83. The van der Waals surface area contributed by atoms with Crippen LogP contribution < -0.4 is 4.72 Å². The molecule has 0 heterocycles. The molecule has 106 valence electrons. The van der Waals surface area contributed by atoms with Crippen molar-refractivity contribution < 1.29 is 8.42 Å². The summed E-state index contributed by atoms with van der Waals surface area (Å²) in [6, 6.07) is 3.44. The summed E-state index contributed by atoms with van der Waals surface area (Å²) < 4.78 is 28.7. The fraction of sp³-hybridized carbons (Fsp3) is 0.500. The van der Waals surface area contributed by atoms with Gasteiger partial charge in [0.1, 0.15) is 0 Å². The maximum atomic E-state index is 12.3. The van der Waals surface area contributed by atoms with E-state index in [2.05, 4.69) is 52.5 Å². The van der Waals surface area contributed by atoms with Gasteiger partial charge in [0.2, 0.25) is 10.0 Å². The number of halogens is 3. The highest BCUT2D eigenvalue weighted by molar-refractivity contribution is 9.11. The first kappa shape index (κ1) is 15.9. The van der Waals surface area contributed by atoms with Crippen LogP contribution >= 0.6 is 47.8 Å². The average molecular weight is 476 g/mol. The molecule has 0 aliphatic heterocycles. The van der Waals surface area contributed by atoms with Crippen LogP contribution in [0, 0.1) is 12.3 Å². The predicted octanol–water partition coefficient (Wildman–Crippen LogP) is 3.97. The Labute approximate surface area is 139 Å². The summed E-state index contributed by atoms with van der Waals surface area (Å²) in [4.78, 5) is 0.273. The smallest absolute Gasteiger partial charge is 0.211 e. The van der Waals surface area contributed by atoms with Crippen LogP contribution in [-0.4, -0.2) is 20.3 Å². The van der Waals surface area contributed by atoms with Gasteiger partial charge in [0.05, 0.1) is 4.90 Å². The van der Waals surface area contributed by atoms with Crippen LogP contribution in [0.5, 0.6) is 0 Å². The zero-order chi connectivity index (χ0) is 14.3. The highest BCUT2D eigenvalue weighted by atomic mass is 79.9. The lowest BCUT2D eigenvalue weighted by Crippen LogP contribution is -2.31. The third kappa shape index (κ3) is 3.61. The Hall–Kier alpha value is 0.570. The average Bonchev–Trinajstić information content (AvgIpc) is 3.12. The second kappa shape index (κ2) is 5.75. The van der Waals surface area contributed by atoms with E-state index < -0.39 is 10.0 Å². The van der Waals surface area contributed by atoms with Crippen molar-refractivity contribution >= 4 is 57.8 Å². The van der Waals surface area contributed by atoms with Crippen molar-refractivity contribution in [3.63, 3.8) is 0 Å². The van der Waals surface area contributed by atoms with Crippen molar-refractivity contribution in [1.29, 1.82) is 0 Å². The molecule has 1 aliphatic rings. The fourth-order valence-corrected chi connectivity index (χ4v) is 5.29. The summed E-state index contributed by atoms with van der Waals surface area (Å²) in [5.41, 5.74) is 1.10. The number of hydrogen-bond donors (Lipinski definition) is 1. The summed E-state index contributed by atoms with van der Waals surface area (Å²) in [6.45, 7) is 2.40. The van der Waals surface area contributed by atoms with Crippen LogP contribution in [0.25, 0.3) is 0 Å². The summed E-state index contributed by atoms with van der Waals surface area (Å²) >= 11 is 10.1. The number of hydrogen-bond acceptors (Lipinski definition) is 2. The number of benzene rings is 1. The largest absolute Gasteiger partial charge is 0.241 e. The minimum Gasteiger partial charge on any atom is -0.211 e. The normalized spacial score (nSPS) is 17.5. The molecule has 3 nitrogen and oxygen atoms in total. The molecular weight excluding hydrogens is 462 g/mol. The van der Waals surface area contributed by atoms with Crippen molar-refractivity contribution in [2.24, 2.45) is 5.41 Å². The maximum absolute atomic E-state index is 12.3. The molecule has 1 saturated carbocycles. The molecule has 2 rings (SSSR count). The summed E-state index contributed by atoms with van der Waals surface area (Å²) in [7, 11) is -3.48. The molecular formula is C12H14Br3NO2S. The quantitative estimate of drug-likeness (QED) is 0.655. The molecule has 1 aromatic carbocycles. The molecule has 0 aromatic heterocycles. The molecule has 1 aliphatic carbocycles. The van der Waals surface area contributed by atoms with E-state index in [4.69, 9.17) is 0 Å². The van der Waals surface area contributed by atoms with Gasteiger partial charge in [-0.05, 0) is 58.8 Å². The Morgan fingerprint density at radius 3 is 2.42 bits per heavy atom. The molecule has 0 spiro atoms. The second-order valence-electron chi connectivity index (χ2n) is 4.99. The van der Waals surface area contributed by atoms with Crippen LogP contribution in [0.3, 0.4) is 0 Å². The predicted molar refractivity (Wildman–Crippen MR) is 87.2 cm³/mol. The summed E-state index contributed by atoms with van der Waals surface area (Å²) in [5, 5.41) is 0.835. The Morgan fingerprint density at radius 2 is 1.89 bits per heavy atom. The van der Waals surface area contributed by atoms with E-state index in [0.717, 1.165) is 28.2 Å². The van der Waals surface area contributed by atoms with E-state index in [1.807, 2.05) is 6.92 Å². The lowest BCUT2D eigenvalue weighted by molar-refractivity contribution is 0.538. The topological polar surface area (TPSA) is 46.2 Å². The molecule has 1 N–H and O–H groups in total. The van der Waals surface area contributed by atoms with Gasteiger partial charge in [-0.1, -0.05) is 31.9 Å². The minimum absolute atomic E-state index is 0.113. The number of rotatable bonds is 5. The van der Waals surface area contributed by atoms with E-state index in [0.29, 0.717) is 11.0 Å². The van der Waals surface area contributed by atoms with E-state index in [9.17, 15) is 8.42 Å². The minimum atomic E-state index is -3.48. The molecule has 1 fully saturated rings. The fourth-order valence-electron chi connectivity index (χ4n) is 1.69. The highest BCUT2D eigenvalue weighted by Gasteiger charge is 2.42. The van der Waals surface area contributed by atoms with Crippen molar-refractivity contribution in [3.8, 4) is 0 Å². The van der Waals surface area contributed by atoms with Crippen molar-refractivity contribution in [1.82, 2.24) is 4.72 Å². The monoisotopic (exact) mass is 473 g/mol. The Morgan fingerprint density at radius 1 is 1.26 bits per heavy atom. The second-order valence-corrected chi connectivity index (χ2v) is 8.99. The third-order valence-corrected chi connectivity index (χ3v) is 7.78. The van der Waals surface area contributed by atoms with Crippen LogP contribution in [-0.2, 0) is 10.0 Å². The summed E-state index contributed by atoms with van der Waals surface area (Å²) in [5.74, 6) is 0. The number of sulfonamides is 1. The zero-order valence-electron chi connectivity index (χ0n) is 10.3. The van der Waals surface area contributed by atoms with Crippen LogP contribution in [0.2, 0.25) is 0 Å². The van der Waals surface area contributed by atoms with Gasteiger partial charge in [0.25, 0.3) is 0 Å². The molecule has 0 radical (unpaired) electrons. The first-order chi connectivity index (χ1) is 8.80. The highest BCUT2D eigenvalue weighted by Crippen LogP contribution is 2.46. The third-order valence-electron chi connectivity index (χ3n) is 3.38. The van der Waals surface area contributed by atoms with E-state index >= 15 is 0 Å². The van der Waals surface area contributed by atoms with Gasteiger partial charge in [0, 0.05) is 20.8 Å². The van der Waals surface area contributed by atoms with Gasteiger partial charge in [0.15, 0.2) is 0 Å². The van der Waals surface area contributed by atoms with E-state index in [1.165, 1.54) is 0 Å². The molecule has 19 heavy (non-hydrogen) atoms. The number of alkyl halides is 1. The van der Waals surface area contributed by atoms with Crippen LogP contribution in [0.4, 0.5) is 0 Å². The van der Waals surface area contributed by atoms with Gasteiger partial charge in [-0.15, -0.1) is 0 Å². The lowest BCUT2D eigenvalue weighted by atomic mass is 10.1. The Bertz CT molecular complexity index is 597. The van der Waals surface area contributed by atoms with Gasteiger partial charge in [-0.2, -0.15) is 0 Å². The van der Waals surface area contributed by atoms with Crippen LogP contribution in [0.1, 0.15) is 18.4 Å². The van der Waals surface area contributed by atoms with Crippen molar-refractivity contribution in [2.45, 2.75) is 24.7 Å². The first-order valence-electron chi connectivity index (χ1n) is 5.81. The molecule has 0 atom stereocenters. The molecule has 7 heteroatoms. The molecule has 0 saturated heterocycles. The van der Waals surface area contributed by atoms with E-state index in [1.54, 1.807) is 12.1 Å². The first-order valence-corrected chi connectivity index (χ1v) is 10.00. The molecule has 0 amide bonds. The van der Waals surface area contributed by atoms with Gasteiger partial charge in [-0.3, -0.25) is 0 Å². The summed E-state index contributed by atoms with van der Waals surface area (Å²) in [6.07, 6.45) is 2.14. The van der Waals surface area contributed by atoms with Gasteiger partial charge < -0.3 is 0 Å². The maximum Gasteiger partial charge on any atom is 0.241 e. The Balaban J connectivity index is 2.22.